The van der Waals surface area contributed by atoms with Crippen LogP contribution in [0, 0.1) is 11.3 Å². The van der Waals surface area contributed by atoms with Gasteiger partial charge < -0.3 is 19.4 Å². The van der Waals surface area contributed by atoms with E-state index in [0.29, 0.717) is 49.7 Å². The fraction of sp³-hybridized carbons (Fsp3) is 0.593. The van der Waals surface area contributed by atoms with Crippen LogP contribution in [0.3, 0.4) is 0 Å². The number of ether oxygens (including phenoxy) is 1. The van der Waals surface area contributed by atoms with Crippen molar-refractivity contribution in [2.75, 3.05) is 35.7 Å². The molecule has 2 atom stereocenters. The van der Waals surface area contributed by atoms with Crippen LogP contribution in [0.25, 0.3) is 0 Å². The number of hydrogen-bond acceptors (Lipinski definition) is 11. The number of piperazine rings is 1. The van der Waals surface area contributed by atoms with Crippen LogP contribution in [0.1, 0.15) is 58.6 Å². The molecular weight excluding hydrogens is 534 g/mol. The number of amides is 1. The van der Waals surface area contributed by atoms with E-state index in [1.165, 1.54) is 6.33 Å². The summed E-state index contributed by atoms with van der Waals surface area (Å²) in [5, 5.41) is 9.46. The Kier molecular flexibility index (Phi) is 6.90. The Bertz CT molecular complexity index is 1460. The van der Waals surface area contributed by atoms with Gasteiger partial charge in [0.15, 0.2) is 0 Å². The first-order chi connectivity index (χ1) is 18.7. The van der Waals surface area contributed by atoms with E-state index in [0.717, 1.165) is 17.6 Å². The lowest BCUT2D eigenvalue weighted by Gasteiger charge is -2.48. The first-order valence-electron chi connectivity index (χ1n) is 13.3. The molecule has 0 bridgehead atoms. The topological polar surface area (TPSA) is 142 Å². The zero-order chi connectivity index (χ0) is 29.0. The van der Waals surface area contributed by atoms with Crippen molar-refractivity contribution in [1.82, 2.24) is 19.9 Å². The second-order valence-corrected chi connectivity index (χ2v) is 13.7. The zero-order valence-corrected chi connectivity index (χ0v) is 24.5. The van der Waals surface area contributed by atoms with Crippen LogP contribution in [-0.2, 0) is 24.5 Å². The Hall–Kier alpha value is -3.50. The van der Waals surface area contributed by atoms with Gasteiger partial charge in [-0.05, 0) is 59.6 Å². The minimum atomic E-state index is -3.61. The second-order valence-electron chi connectivity index (χ2n) is 12.1. The summed E-state index contributed by atoms with van der Waals surface area (Å²) in [6.07, 6.45) is 4.34. The largest absolute Gasteiger partial charge is 0.444 e. The molecule has 0 radical (unpaired) electrons. The molecular formula is C27H35N7O5S. The van der Waals surface area contributed by atoms with E-state index in [1.54, 1.807) is 23.2 Å². The van der Waals surface area contributed by atoms with E-state index >= 15 is 0 Å². The molecule has 1 aliphatic carbocycles. The fourth-order valence-electron chi connectivity index (χ4n) is 6.00. The Morgan fingerprint density at radius 1 is 1.12 bits per heavy atom. The van der Waals surface area contributed by atoms with E-state index in [4.69, 9.17) is 13.9 Å². The quantitative estimate of drug-likeness (QED) is 0.501. The van der Waals surface area contributed by atoms with Gasteiger partial charge in [-0.15, -0.1) is 0 Å². The van der Waals surface area contributed by atoms with Crippen LogP contribution < -0.4 is 9.80 Å². The summed E-state index contributed by atoms with van der Waals surface area (Å²) in [6, 6.07) is 5.32. The van der Waals surface area contributed by atoms with Crippen molar-refractivity contribution in [3.05, 3.63) is 35.8 Å². The second kappa shape index (κ2) is 9.85. The molecule has 1 saturated carbocycles. The third-order valence-electron chi connectivity index (χ3n) is 7.64. The maximum Gasteiger partial charge on any atom is 0.410 e. The molecule has 0 aromatic carbocycles. The van der Waals surface area contributed by atoms with Gasteiger partial charge >= 0.3 is 6.09 Å². The summed E-state index contributed by atoms with van der Waals surface area (Å²) in [5.41, 5.74) is 0.343. The van der Waals surface area contributed by atoms with Crippen LogP contribution in [0.15, 0.2) is 24.7 Å². The molecule has 5 rings (SSSR count). The van der Waals surface area contributed by atoms with Gasteiger partial charge in [0, 0.05) is 48.9 Å². The molecule has 40 heavy (non-hydrogen) atoms. The Labute approximate surface area is 235 Å². The summed E-state index contributed by atoms with van der Waals surface area (Å²) in [4.78, 5) is 32.8. The Morgan fingerprint density at radius 3 is 2.48 bits per heavy atom. The van der Waals surface area contributed by atoms with Crippen molar-refractivity contribution < 1.29 is 22.1 Å². The van der Waals surface area contributed by atoms with Gasteiger partial charge in [0.05, 0.1) is 24.0 Å². The lowest BCUT2D eigenvalue weighted by molar-refractivity contribution is 0.0128. The average molecular weight is 570 g/mol. The highest BCUT2D eigenvalue weighted by Crippen LogP contribution is 2.57. The van der Waals surface area contributed by atoms with Crippen molar-refractivity contribution in [2.24, 2.45) is 0 Å². The maximum atomic E-state index is 12.9. The Balaban J connectivity index is 1.51. The number of rotatable bonds is 4. The molecule has 2 fully saturated rings. The van der Waals surface area contributed by atoms with Gasteiger partial charge in [-0.25, -0.2) is 19.7 Å². The molecule has 2 aliphatic heterocycles. The lowest BCUT2D eigenvalue weighted by atomic mass is 9.64. The number of anilines is 3. The highest BCUT2D eigenvalue weighted by Gasteiger charge is 2.57. The first-order valence-corrected chi connectivity index (χ1v) is 15.1. The smallest absolute Gasteiger partial charge is 0.410 e. The summed E-state index contributed by atoms with van der Waals surface area (Å²) in [7, 11) is -3.61. The molecule has 214 valence electrons. The highest BCUT2D eigenvalue weighted by atomic mass is 32.2. The van der Waals surface area contributed by atoms with Gasteiger partial charge in [0.25, 0.3) is 10.1 Å². The number of hydrogen-bond donors (Lipinski definition) is 0. The molecule has 0 N–H and O–H groups in total. The third-order valence-corrected chi connectivity index (χ3v) is 8.26. The molecule has 2 aromatic heterocycles. The zero-order valence-electron chi connectivity index (χ0n) is 23.7. The summed E-state index contributed by atoms with van der Waals surface area (Å²) in [5.74, 6) is 2.02. The molecule has 2 aromatic rings. The van der Waals surface area contributed by atoms with E-state index in [9.17, 15) is 18.5 Å². The lowest BCUT2D eigenvalue weighted by Crippen LogP contribution is -2.59. The molecule has 3 aliphatic rings. The Morgan fingerprint density at radius 2 is 1.82 bits per heavy atom. The van der Waals surface area contributed by atoms with Crippen LogP contribution in [-0.4, -0.2) is 84.0 Å². The SMILES string of the molecule is C[C@@H]1CN(c2ncnc3c2C2(CC(OS(C)(=O)=O)C2)CN3c2cc(C#N)ccn2)[C@@H](C)CN1C(=O)OC(C)(C)C. The van der Waals surface area contributed by atoms with Crippen LogP contribution in [0.5, 0.6) is 0 Å². The molecule has 1 spiro atoms. The molecule has 1 amide bonds. The first kappa shape index (κ1) is 28.0. The van der Waals surface area contributed by atoms with Gasteiger partial charge in [0.1, 0.15) is 29.4 Å². The highest BCUT2D eigenvalue weighted by molar-refractivity contribution is 7.86. The van der Waals surface area contributed by atoms with Crippen molar-refractivity contribution in [2.45, 2.75) is 76.7 Å². The standard InChI is InChI=1S/C27H35N7O5S/c1-17-14-33(25(35)38-26(3,4)5)18(2)13-32(17)23-22-24(31-16-30-23)34(21-9-19(12-28)7-8-29-21)15-27(22)10-20(11-27)39-40(6,36)37/h7-9,16-18,20H,10-11,13-15H2,1-6H3/t17-,18+,20?,27?/m0/s1. The van der Waals surface area contributed by atoms with Gasteiger partial charge in [-0.3, -0.25) is 4.18 Å². The van der Waals surface area contributed by atoms with Crippen molar-refractivity contribution in [1.29, 1.82) is 5.26 Å². The predicted octanol–water partition coefficient (Wildman–Crippen LogP) is 3.11. The van der Waals surface area contributed by atoms with Crippen molar-refractivity contribution in [3.63, 3.8) is 0 Å². The molecule has 1 saturated heterocycles. The molecule has 0 unspecified atom stereocenters. The third kappa shape index (κ3) is 5.30. The monoisotopic (exact) mass is 569 g/mol. The minimum Gasteiger partial charge on any atom is -0.444 e. The van der Waals surface area contributed by atoms with Gasteiger partial charge in [-0.1, -0.05) is 0 Å². The van der Waals surface area contributed by atoms with E-state index in [-0.39, 0.29) is 18.2 Å². The van der Waals surface area contributed by atoms with E-state index in [2.05, 4.69) is 20.9 Å². The van der Waals surface area contributed by atoms with Crippen LogP contribution in [0.2, 0.25) is 0 Å². The number of aromatic nitrogens is 3. The van der Waals surface area contributed by atoms with Crippen molar-refractivity contribution in [3.8, 4) is 6.07 Å². The number of fused-ring (bicyclic) bond motifs is 2. The van der Waals surface area contributed by atoms with Crippen molar-refractivity contribution >= 4 is 33.7 Å². The summed E-state index contributed by atoms with van der Waals surface area (Å²) < 4.78 is 34.7. The number of nitriles is 1. The van der Waals surface area contributed by atoms with E-state index < -0.39 is 27.2 Å². The maximum absolute atomic E-state index is 12.9. The van der Waals surface area contributed by atoms with Crippen LogP contribution in [0.4, 0.5) is 22.2 Å². The normalized spacial score (nSPS) is 26.3. The minimum absolute atomic E-state index is 0.0722. The summed E-state index contributed by atoms with van der Waals surface area (Å²) in [6.45, 7) is 11.1. The number of pyridine rings is 1. The molecule has 4 heterocycles. The predicted molar refractivity (Wildman–Crippen MR) is 148 cm³/mol. The molecule has 13 heteroatoms. The summed E-state index contributed by atoms with van der Waals surface area (Å²) >= 11 is 0. The number of carbonyl (C=O) groups excluding carboxylic acids is 1. The average Bonchev–Trinajstić information content (AvgIpc) is 3.19. The van der Waals surface area contributed by atoms with Gasteiger partial charge in [0.2, 0.25) is 0 Å². The number of nitrogens with zero attached hydrogens (tertiary/aromatic N) is 7. The fourth-order valence-corrected chi connectivity index (χ4v) is 6.63. The van der Waals surface area contributed by atoms with E-state index in [1.807, 2.05) is 39.5 Å². The van der Waals surface area contributed by atoms with Gasteiger partial charge in [-0.2, -0.15) is 13.7 Å². The molecule has 12 nitrogen and oxygen atoms in total. The van der Waals surface area contributed by atoms with Crippen LogP contribution >= 0.6 is 0 Å². The number of carbonyl (C=O) groups is 1.